The van der Waals surface area contributed by atoms with Gasteiger partial charge in [0.1, 0.15) is 23.1 Å². The number of pyridine rings is 1. The van der Waals surface area contributed by atoms with E-state index < -0.39 is 20.7 Å². The first-order valence-electron chi connectivity index (χ1n) is 8.60. The first-order valence-corrected chi connectivity index (χ1v) is 10.1. The third kappa shape index (κ3) is 5.20. The number of aryl methyl sites for hydroxylation is 1. The molecule has 1 heterocycles. The number of sulfonamides is 1. The van der Waals surface area contributed by atoms with Crippen molar-refractivity contribution in [2.45, 2.75) is 11.8 Å². The number of anilines is 2. The molecule has 1 aromatic heterocycles. The Morgan fingerprint density at radius 2 is 1.79 bits per heavy atom. The quantitative estimate of drug-likeness (QED) is 0.561. The smallest absolute Gasteiger partial charge is 0.264 e. The van der Waals surface area contributed by atoms with E-state index in [4.69, 9.17) is 4.74 Å². The average molecular weight is 401 g/mol. The van der Waals surface area contributed by atoms with Gasteiger partial charge in [-0.25, -0.2) is 12.8 Å². The summed E-state index contributed by atoms with van der Waals surface area (Å²) in [6, 6.07) is 14.0. The van der Waals surface area contributed by atoms with Gasteiger partial charge in [0.05, 0.1) is 5.69 Å². The summed E-state index contributed by atoms with van der Waals surface area (Å²) in [5.74, 6) is -0.288. The molecule has 146 valence electrons. The van der Waals surface area contributed by atoms with Crippen molar-refractivity contribution in [2.75, 3.05) is 23.2 Å². The van der Waals surface area contributed by atoms with Crippen LogP contribution in [0.3, 0.4) is 0 Å². The van der Waals surface area contributed by atoms with E-state index in [1.807, 2.05) is 19.1 Å². The van der Waals surface area contributed by atoms with Crippen molar-refractivity contribution in [3.8, 4) is 5.75 Å². The van der Waals surface area contributed by atoms with E-state index in [9.17, 15) is 12.8 Å². The molecule has 0 unspecified atom stereocenters. The van der Waals surface area contributed by atoms with Crippen LogP contribution in [-0.2, 0) is 10.0 Å². The van der Waals surface area contributed by atoms with Gasteiger partial charge in [-0.05, 0) is 48.9 Å². The lowest BCUT2D eigenvalue weighted by Crippen LogP contribution is -2.15. The van der Waals surface area contributed by atoms with Crippen LogP contribution in [0.25, 0.3) is 0 Å². The molecule has 2 N–H and O–H groups in total. The van der Waals surface area contributed by atoms with Crippen LogP contribution in [-0.4, -0.2) is 26.6 Å². The number of rotatable bonds is 8. The molecule has 0 aliphatic carbocycles. The summed E-state index contributed by atoms with van der Waals surface area (Å²) in [5.41, 5.74) is 2.05. The monoisotopic (exact) mass is 401 g/mol. The van der Waals surface area contributed by atoms with Crippen molar-refractivity contribution in [2.24, 2.45) is 0 Å². The molecule has 0 saturated carbocycles. The van der Waals surface area contributed by atoms with Gasteiger partial charge in [0, 0.05) is 30.7 Å². The molecule has 2 aromatic carbocycles. The number of nitrogens with zero attached hydrogens (tertiary/aromatic N) is 1. The van der Waals surface area contributed by atoms with E-state index in [0.717, 1.165) is 17.3 Å². The molecule has 3 aromatic rings. The number of benzene rings is 2. The topological polar surface area (TPSA) is 80.3 Å². The molecule has 0 spiro atoms. The summed E-state index contributed by atoms with van der Waals surface area (Å²) in [7, 11) is -4.04. The zero-order chi connectivity index (χ0) is 20.0. The predicted octanol–water partition coefficient (Wildman–Crippen LogP) is 3.82. The van der Waals surface area contributed by atoms with Crippen molar-refractivity contribution in [1.82, 2.24) is 4.98 Å². The third-order valence-electron chi connectivity index (χ3n) is 3.81. The normalized spacial score (nSPS) is 11.1. The summed E-state index contributed by atoms with van der Waals surface area (Å²) in [6.07, 6.45) is 3.38. The van der Waals surface area contributed by atoms with Gasteiger partial charge >= 0.3 is 0 Å². The standard InChI is InChI=1S/C20H20FN3O3S/c1-15-12-17(24-28(25,26)20-5-3-2-4-19(20)21)14-18(13-15)27-11-10-23-16-6-8-22-9-7-16/h2-9,12-14,24H,10-11H2,1H3,(H,22,23). The van der Waals surface area contributed by atoms with Gasteiger partial charge in [-0.2, -0.15) is 0 Å². The van der Waals surface area contributed by atoms with Crippen molar-refractivity contribution >= 4 is 21.4 Å². The molecular formula is C20H20FN3O3S. The van der Waals surface area contributed by atoms with Gasteiger partial charge in [0.15, 0.2) is 0 Å². The van der Waals surface area contributed by atoms with Gasteiger partial charge in [-0.3, -0.25) is 9.71 Å². The lowest BCUT2D eigenvalue weighted by Gasteiger charge is -2.13. The second-order valence-electron chi connectivity index (χ2n) is 6.08. The maximum absolute atomic E-state index is 13.8. The van der Waals surface area contributed by atoms with E-state index >= 15 is 0 Å². The van der Waals surface area contributed by atoms with Crippen LogP contribution in [0.2, 0.25) is 0 Å². The van der Waals surface area contributed by atoms with Gasteiger partial charge < -0.3 is 10.1 Å². The van der Waals surface area contributed by atoms with Crippen molar-refractivity contribution in [3.63, 3.8) is 0 Å². The van der Waals surface area contributed by atoms with Gasteiger partial charge in [0.25, 0.3) is 10.0 Å². The zero-order valence-electron chi connectivity index (χ0n) is 15.2. The number of nitrogens with one attached hydrogen (secondary N) is 2. The Balaban J connectivity index is 1.65. The minimum absolute atomic E-state index is 0.306. The van der Waals surface area contributed by atoms with Crippen molar-refractivity contribution in [3.05, 3.63) is 78.4 Å². The predicted molar refractivity (Wildman–Crippen MR) is 107 cm³/mol. The molecule has 28 heavy (non-hydrogen) atoms. The maximum Gasteiger partial charge on any atom is 0.264 e. The van der Waals surface area contributed by atoms with E-state index in [1.165, 1.54) is 18.2 Å². The van der Waals surface area contributed by atoms with Crippen LogP contribution < -0.4 is 14.8 Å². The molecule has 3 rings (SSSR count). The minimum Gasteiger partial charge on any atom is -0.492 e. The lowest BCUT2D eigenvalue weighted by molar-refractivity contribution is 0.333. The summed E-state index contributed by atoms with van der Waals surface area (Å²) >= 11 is 0. The number of hydrogen-bond acceptors (Lipinski definition) is 5. The lowest BCUT2D eigenvalue weighted by atomic mass is 10.2. The Morgan fingerprint density at radius 1 is 1.04 bits per heavy atom. The fourth-order valence-electron chi connectivity index (χ4n) is 2.60. The van der Waals surface area contributed by atoms with E-state index in [1.54, 1.807) is 30.6 Å². The number of hydrogen-bond donors (Lipinski definition) is 2. The van der Waals surface area contributed by atoms with Crippen LogP contribution in [0.15, 0.2) is 71.9 Å². The molecule has 0 aliphatic heterocycles. The van der Waals surface area contributed by atoms with Gasteiger partial charge in [-0.1, -0.05) is 12.1 Å². The highest BCUT2D eigenvalue weighted by atomic mass is 32.2. The first kappa shape index (κ1) is 19.6. The second-order valence-corrected chi connectivity index (χ2v) is 7.73. The summed E-state index contributed by atoms with van der Waals surface area (Å²) in [6.45, 7) is 2.77. The molecular weight excluding hydrogens is 381 g/mol. The Bertz CT molecular complexity index is 1040. The Labute approximate surface area is 163 Å². The number of ether oxygens (including phenoxy) is 1. The fourth-order valence-corrected chi connectivity index (χ4v) is 3.72. The molecule has 0 saturated heterocycles. The first-order chi connectivity index (χ1) is 13.4. The minimum atomic E-state index is -4.04. The highest BCUT2D eigenvalue weighted by Crippen LogP contribution is 2.24. The fraction of sp³-hybridized carbons (Fsp3) is 0.150. The molecule has 0 radical (unpaired) electrons. The average Bonchev–Trinajstić information content (AvgIpc) is 2.65. The molecule has 0 amide bonds. The van der Waals surface area contributed by atoms with Crippen LogP contribution in [0.1, 0.15) is 5.56 Å². The third-order valence-corrected chi connectivity index (χ3v) is 5.22. The zero-order valence-corrected chi connectivity index (χ0v) is 16.0. The molecule has 0 bridgehead atoms. The largest absolute Gasteiger partial charge is 0.492 e. The number of halogens is 1. The molecule has 0 aliphatic rings. The van der Waals surface area contributed by atoms with Crippen LogP contribution in [0.4, 0.5) is 15.8 Å². The number of aromatic nitrogens is 1. The van der Waals surface area contributed by atoms with Gasteiger partial charge in [-0.15, -0.1) is 0 Å². The van der Waals surface area contributed by atoms with Crippen LogP contribution in [0, 0.1) is 12.7 Å². The highest BCUT2D eigenvalue weighted by molar-refractivity contribution is 7.92. The van der Waals surface area contributed by atoms with Gasteiger partial charge in [0.2, 0.25) is 0 Å². The molecule has 8 heteroatoms. The molecule has 0 atom stereocenters. The Hall–Kier alpha value is -3.13. The van der Waals surface area contributed by atoms with Crippen molar-refractivity contribution in [1.29, 1.82) is 0 Å². The SMILES string of the molecule is Cc1cc(NS(=O)(=O)c2ccccc2F)cc(OCCNc2ccncc2)c1. The van der Waals surface area contributed by atoms with E-state index in [0.29, 0.717) is 24.6 Å². The molecule has 6 nitrogen and oxygen atoms in total. The van der Waals surface area contributed by atoms with E-state index in [2.05, 4.69) is 15.0 Å². The highest BCUT2D eigenvalue weighted by Gasteiger charge is 2.19. The summed E-state index contributed by atoms with van der Waals surface area (Å²) in [4.78, 5) is 3.54. The molecule has 0 fully saturated rings. The van der Waals surface area contributed by atoms with E-state index in [-0.39, 0.29) is 0 Å². The Kier molecular flexibility index (Phi) is 6.10. The Morgan fingerprint density at radius 3 is 2.54 bits per heavy atom. The maximum atomic E-state index is 13.8. The van der Waals surface area contributed by atoms with Crippen LogP contribution >= 0.6 is 0 Å². The van der Waals surface area contributed by atoms with Crippen molar-refractivity contribution < 1.29 is 17.5 Å². The second kappa shape index (κ2) is 8.71. The summed E-state index contributed by atoms with van der Waals surface area (Å²) in [5, 5.41) is 3.19. The van der Waals surface area contributed by atoms with Crippen LogP contribution in [0.5, 0.6) is 5.75 Å². The summed E-state index contributed by atoms with van der Waals surface area (Å²) < 4.78 is 46.9.